The van der Waals surface area contributed by atoms with Crippen LogP contribution in [0.25, 0.3) is 0 Å². The molecule has 4 nitrogen and oxygen atoms in total. The summed E-state index contributed by atoms with van der Waals surface area (Å²) in [5.74, 6) is 0. The summed E-state index contributed by atoms with van der Waals surface area (Å²) in [6.07, 6.45) is 9.64. The molecule has 0 atom stereocenters. The van der Waals surface area contributed by atoms with Gasteiger partial charge in [0.1, 0.15) is 0 Å². The predicted octanol–water partition coefficient (Wildman–Crippen LogP) is 1.87. The minimum absolute atomic E-state index is 0.0931. The Morgan fingerprint density at radius 2 is 1.68 bits per heavy atom. The number of sulfonamides is 1. The van der Waals surface area contributed by atoms with Gasteiger partial charge in [0.25, 0.3) is 0 Å². The van der Waals surface area contributed by atoms with Gasteiger partial charge in [0.15, 0.2) is 0 Å². The molecule has 0 amide bonds. The zero-order valence-electron chi connectivity index (χ0n) is 11.7. The van der Waals surface area contributed by atoms with Gasteiger partial charge in [0.05, 0.1) is 5.25 Å². The maximum atomic E-state index is 13.0. The lowest BCUT2D eigenvalue weighted by Crippen LogP contribution is -2.64. The molecule has 2 aliphatic carbocycles. The second-order valence-corrected chi connectivity index (χ2v) is 8.62. The molecule has 0 aromatic rings. The molecule has 0 aromatic heterocycles. The van der Waals surface area contributed by atoms with Crippen molar-refractivity contribution in [2.75, 3.05) is 19.6 Å². The van der Waals surface area contributed by atoms with Crippen molar-refractivity contribution in [2.24, 2.45) is 0 Å². The predicted molar refractivity (Wildman–Crippen MR) is 76.6 cm³/mol. The average molecular weight is 286 g/mol. The van der Waals surface area contributed by atoms with Crippen LogP contribution >= 0.6 is 0 Å². The molecule has 19 heavy (non-hydrogen) atoms. The Kier molecular flexibility index (Phi) is 3.89. The molecule has 110 valence electrons. The fraction of sp³-hybridized carbons (Fsp3) is 1.00. The minimum Gasteiger partial charge on any atom is -0.314 e. The first kappa shape index (κ1) is 13.8. The number of nitrogens with zero attached hydrogens (tertiary/aromatic N) is 1. The maximum Gasteiger partial charge on any atom is 0.217 e. The van der Waals surface area contributed by atoms with Crippen LogP contribution in [0, 0.1) is 0 Å². The first-order chi connectivity index (χ1) is 9.15. The third kappa shape index (κ3) is 2.45. The minimum atomic E-state index is -3.08. The lowest BCUT2D eigenvalue weighted by Gasteiger charge is -2.49. The third-order valence-electron chi connectivity index (χ3n) is 5.29. The molecule has 0 radical (unpaired) electrons. The fourth-order valence-electron chi connectivity index (χ4n) is 4.23. The van der Waals surface area contributed by atoms with Crippen LogP contribution in [0.5, 0.6) is 0 Å². The van der Waals surface area contributed by atoms with Crippen LogP contribution in [0.4, 0.5) is 0 Å². The molecule has 1 N–H and O–H groups in total. The van der Waals surface area contributed by atoms with Crippen LogP contribution < -0.4 is 5.32 Å². The third-order valence-corrected chi connectivity index (χ3v) is 7.79. The van der Waals surface area contributed by atoms with E-state index in [1.165, 1.54) is 19.3 Å². The van der Waals surface area contributed by atoms with Crippen LogP contribution in [0.15, 0.2) is 0 Å². The van der Waals surface area contributed by atoms with E-state index in [1.54, 1.807) is 0 Å². The van der Waals surface area contributed by atoms with Crippen molar-refractivity contribution < 1.29 is 8.42 Å². The van der Waals surface area contributed by atoms with Gasteiger partial charge < -0.3 is 5.32 Å². The summed E-state index contributed by atoms with van der Waals surface area (Å²) < 4.78 is 27.8. The van der Waals surface area contributed by atoms with Gasteiger partial charge in [-0.05, 0) is 25.7 Å². The highest BCUT2D eigenvalue weighted by atomic mass is 32.2. The van der Waals surface area contributed by atoms with Crippen molar-refractivity contribution in [1.82, 2.24) is 9.62 Å². The first-order valence-electron chi connectivity index (χ1n) is 7.88. The molecule has 1 aliphatic heterocycles. The highest BCUT2D eigenvalue weighted by Crippen LogP contribution is 2.39. The molecule has 1 spiro atoms. The first-order valence-corrected chi connectivity index (χ1v) is 9.38. The molecular weight excluding hydrogens is 260 g/mol. The Morgan fingerprint density at radius 1 is 1.00 bits per heavy atom. The van der Waals surface area contributed by atoms with Gasteiger partial charge in [-0.25, -0.2) is 8.42 Å². The molecule has 3 rings (SSSR count). The van der Waals surface area contributed by atoms with Crippen LogP contribution in [0.2, 0.25) is 0 Å². The molecule has 1 saturated heterocycles. The van der Waals surface area contributed by atoms with Crippen LogP contribution in [0.1, 0.15) is 57.8 Å². The van der Waals surface area contributed by atoms with E-state index in [0.29, 0.717) is 6.54 Å². The van der Waals surface area contributed by atoms with Gasteiger partial charge in [0, 0.05) is 25.2 Å². The van der Waals surface area contributed by atoms with Crippen molar-refractivity contribution in [3.05, 3.63) is 0 Å². The molecule has 5 heteroatoms. The Bertz CT molecular complexity index is 401. The van der Waals surface area contributed by atoms with Gasteiger partial charge in [0.2, 0.25) is 10.0 Å². The van der Waals surface area contributed by atoms with E-state index in [2.05, 4.69) is 5.32 Å². The lowest BCUT2D eigenvalue weighted by atomic mass is 9.80. The van der Waals surface area contributed by atoms with Crippen LogP contribution in [0.3, 0.4) is 0 Å². The Hall–Kier alpha value is -0.130. The van der Waals surface area contributed by atoms with E-state index in [-0.39, 0.29) is 10.8 Å². The summed E-state index contributed by atoms with van der Waals surface area (Å²) in [6.45, 7) is 2.35. The summed E-state index contributed by atoms with van der Waals surface area (Å²) >= 11 is 0. The van der Waals surface area contributed by atoms with Crippen molar-refractivity contribution in [1.29, 1.82) is 0 Å². The second-order valence-electron chi connectivity index (χ2n) is 6.49. The molecular formula is C14H26N2O2S. The summed E-state index contributed by atoms with van der Waals surface area (Å²) in [6, 6.07) is 0. The van der Waals surface area contributed by atoms with Crippen molar-refractivity contribution >= 4 is 10.0 Å². The largest absolute Gasteiger partial charge is 0.314 e. The fourth-order valence-corrected chi connectivity index (χ4v) is 6.65. The Labute approximate surface area is 117 Å². The molecule has 0 unspecified atom stereocenters. The normalized spacial score (nSPS) is 29.9. The molecule has 0 aromatic carbocycles. The number of piperazine rings is 1. The van der Waals surface area contributed by atoms with E-state index < -0.39 is 10.0 Å². The van der Waals surface area contributed by atoms with Gasteiger partial charge in [-0.3, -0.25) is 0 Å². The lowest BCUT2D eigenvalue weighted by molar-refractivity contribution is 0.0999. The highest BCUT2D eigenvalue weighted by molar-refractivity contribution is 7.89. The topological polar surface area (TPSA) is 49.4 Å². The van der Waals surface area contributed by atoms with E-state index >= 15 is 0 Å². The number of hydrogen-bond acceptors (Lipinski definition) is 3. The van der Waals surface area contributed by atoms with Gasteiger partial charge in [-0.1, -0.05) is 32.1 Å². The monoisotopic (exact) mass is 286 g/mol. The van der Waals surface area contributed by atoms with Gasteiger partial charge >= 0.3 is 0 Å². The van der Waals surface area contributed by atoms with E-state index in [4.69, 9.17) is 0 Å². The molecule has 1 heterocycles. The summed E-state index contributed by atoms with van der Waals surface area (Å²) in [7, 11) is -3.08. The van der Waals surface area contributed by atoms with E-state index in [9.17, 15) is 8.42 Å². The van der Waals surface area contributed by atoms with Crippen LogP contribution in [-0.2, 0) is 10.0 Å². The number of hydrogen-bond donors (Lipinski definition) is 1. The summed E-state index contributed by atoms with van der Waals surface area (Å²) in [5.41, 5.74) is -0.0993. The zero-order chi connectivity index (χ0) is 13.3. The standard InChI is InChI=1S/C14H26N2O2S/c17-19(18,13-6-2-3-7-13)16-11-10-15-12-14(16)8-4-1-5-9-14/h13,15H,1-12H2. The van der Waals surface area contributed by atoms with Gasteiger partial charge in [-0.2, -0.15) is 4.31 Å². The zero-order valence-corrected chi connectivity index (χ0v) is 12.6. The molecule has 3 fully saturated rings. The smallest absolute Gasteiger partial charge is 0.217 e. The Balaban J connectivity index is 1.87. The average Bonchev–Trinajstić information content (AvgIpc) is 2.94. The maximum absolute atomic E-state index is 13.0. The SMILES string of the molecule is O=S(=O)(C1CCCC1)N1CCNCC12CCCCC2. The van der Waals surface area contributed by atoms with Crippen molar-refractivity contribution in [2.45, 2.75) is 68.6 Å². The van der Waals surface area contributed by atoms with Crippen LogP contribution in [-0.4, -0.2) is 43.1 Å². The molecule has 2 saturated carbocycles. The second kappa shape index (κ2) is 5.34. The summed E-state index contributed by atoms with van der Waals surface area (Å²) in [5, 5.41) is 3.34. The molecule has 0 bridgehead atoms. The number of rotatable bonds is 2. The Morgan fingerprint density at radius 3 is 2.37 bits per heavy atom. The number of nitrogens with one attached hydrogen (secondary N) is 1. The molecule has 3 aliphatic rings. The quantitative estimate of drug-likeness (QED) is 0.843. The van der Waals surface area contributed by atoms with Crippen molar-refractivity contribution in [3.8, 4) is 0 Å². The van der Waals surface area contributed by atoms with Crippen molar-refractivity contribution in [3.63, 3.8) is 0 Å². The highest BCUT2D eigenvalue weighted by Gasteiger charge is 2.48. The van der Waals surface area contributed by atoms with Gasteiger partial charge in [-0.15, -0.1) is 0 Å². The summed E-state index contributed by atoms with van der Waals surface area (Å²) in [4.78, 5) is 0. The van der Waals surface area contributed by atoms with E-state index in [1.807, 2.05) is 4.31 Å². The van der Waals surface area contributed by atoms with E-state index in [0.717, 1.165) is 51.6 Å².